The summed E-state index contributed by atoms with van der Waals surface area (Å²) in [5.41, 5.74) is 2.70. The number of rotatable bonds is 5. The third kappa shape index (κ3) is 3.47. The number of para-hydroxylation sites is 2. The van der Waals surface area contributed by atoms with Gasteiger partial charge in [-0.3, -0.25) is 4.79 Å². The van der Waals surface area contributed by atoms with E-state index in [0.29, 0.717) is 18.0 Å². The number of carbonyl (C=O) groups is 1. The van der Waals surface area contributed by atoms with E-state index < -0.39 is 0 Å². The van der Waals surface area contributed by atoms with Crippen molar-refractivity contribution in [1.82, 2.24) is 15.1 Å². The smallest absolute Gasteiger partial charge is 0.253 e. The molecular formula is C21H22N4O. The third-order valence-corrected chi connectivity index (χ3v) is 4.86. The van der Waals surface area contributed by atoms with E-state index in [4.69, 9.17) is 0 Å². The lowest BCUT2D eigenvalue weighted by Crippen LogP contribution is -2.31. The van der Waals surface area contributed by atoms with E-state index in [-0.39, 0.29) is 5.91 Å². The lowest BCUT2D eigenvalue weighted by atomic mass is 10.1. The Morgan fingerprint density at radius 3 is 2.69 bits per heavy atom. The number of hydrogen-bond donors (Lipinski definition) is 1. The Hall–Kier alpha value is -3.08. The van der Waals surface area contributed by atoms with Crippen LogP contribution in [0.4, 0.5) is 5.69 Å². The molecule has 2 heterocycles. The summed E-state index contributed by atoms with van der Waals surface area (Å²) in [5, 5.41) is 7.35. The fourth-order valence-corrected chi connectivity index (χ4v) is 3.48. The molecule has 5 nitrogen and oxygen atoms in total. The topological polar surface area (TPSA) is 50.2 Å². The zero-order chi connectivity index (χ0) is 17.8. The van der Waals surface area contributed by atoms with Crippen molar-refractivity contribution in [3.8, 4) is 5.69 Å². The first-order chi connectivity index (χ1) is 12.8. The molecule has 0 aliphatic carbocycles. The van der Waals surface area contributed by atoms with Crippen molar-refractivity contribution in [2.24, 2.45) is 5.92 Å². The Morgan fingerprint density at radius 1 is 1.08 bits per heavy atom. The number of benzene rings is 2. The molecule has 1 saturated heterocycles. The predicted molar refractivity (Wildman–Crippen MR) is 103 cm³/mol. The highest BCUT2D eigenvalue weighted by molar-refractivity contribution is 5.97. The van der Waals surface area contributed by atoms with Gasteiger partial charge in [0.1, 0.15) is 0 Å². The van der Waals surface area contributed by atoms with Crippen LogP contribution in [0.1, 0.15) is 16.8 Å². The second-order valence-corrected chi connectivity index (χ2v) is 6.61. The number of nitrogens with zero attached hydrogens (tertiary/aromatic N) is 3. The van der Waals surface area contributed by atoms with Gasteiger partial charge in [-0.05, 0) is 42.7 Å². The number of hydrogen-bond acceptors (Lipinski definition) is 3. The van der Waals surface area contributed by atoms with Gasteiger partial charge in [0.2, 0.25) is 0 Å². The van der Waals surface area contributed by atoms with Crippen LogP contribution in [0.25, 0.3) is 5.69 Å². The maximum absolute atomic E-state index is 12.7. The second-order valence-electron chi connectivity index (χ2n) is 6.61. The van der Waals surface area contributed by atoms with Gasteiger partial charge >= 0.3 is 0 Å². The van der Waals surface area contributed by atoms with Crippen molar-refractivity contribution in [1.29, 1.82) is 0 Å². The summed E-state index contributed by atoms with van der Waals surface area (Å²) in [7, 11) is 0. The number of carbonyl (C=O) groups excluding carboxylic acids is 1. The molecule has 4 rings (SSSR count). The number of anilines is 1. The molecule has 1 aromatic heterocycles. The molecule has 0 saturated carbocycles. The minimum Gasteiger partial charge on any atom is -0.371 e. The summed E-state index contributed by atoms with van der Waals surface area (Å²) in [4.78, 5) is 15.1. The first kappa shape index (κ1) is 16.4. The Morgan fingerprint density at radius 2 is 1.88 bits per heavy atom. The summed E-state index contributed by atoms with van der Waals surface area (Å²) < 4.78 is 1.72. The SMILES string of the molecule is O=C(NC[C@@H]1CCN(c2ccccc2)C1)c1ccccc1-n1cccn1. The molecule has 0 spiro atoms. The van der Waals surface area contributed by atoms with Crippen LogP contribution in [-0.2, 0) is 0 Å². The molecule has 1 amide bonds. The van der Waals surface area contributed by atoms with Crippen molar-refractivity contribution < 1.29 is 4.79 Å². The minimum absolute atomic E-state index is 0.0470. The van der Waals surface area contributed by atoms with E-state index in [1.54, 1.807) is 10.9 Å². The highest BCUT2D eigenvalue weighted by Crippen LogP contribution is 2.23. The van der Waals surface area contributed by atoms with Gasteiger partial charge in [-0.25, -0.2) is 4.68 Å². The van der Waals surface area contributed by atoms with Crippen LogP contribution in [-0.4, -0.2) is 35.3 Å². The van der Waals surface area contributed by atoms with Gasteiger partial charge in [0.05, 0.1) is 11.3 Å². The largest absolute Gasteiger partial charge is 0.371 e. The Balaban J connectivity index is 1.38. The van der Waals surface area contributed by atoms with Gasteiger partial charge in [-0.2, -0.15) is 5.10 Å². The molecule has 2 aromatic carbocycles. The molecule has 132 valence electrons. The van der Waals surface area contributed by atoms with Gasteiger partial charge in [0.15, 0.2) is 0 Å². The minimum atomic E-state index is -0.0470. The van der Waals surface area contributed by atoms with Crippen molar-refractivity contribution in [3.05, 3.63) is 78.6 Å². The van der Waals surface area contributed by atoms with Gasteiger partial charge < -0.3 is 10.2 Å². The Labute approximate surface area is 153 Å². The van der Waals surface area contributed by atoms with Gasteiger partial charge in [-0.1, -0.05) is 30.3 Å². The lowest BCUT2D eigenvalue weighted by Gasteiger charge is -2.19. The van der Waals surface area contributed by atoms with Crippen molar-refractivity contribution in [2.45, 2.75) is 6.42 Å². The van der Waals surface area contributed by atoms with Crippen LogP contribution in [0, 0.1) is 5.92 Å². The Bertz CT molecular complexity index is 861. The normalized spacial score (nSPS) is 16.6. The number of nitrogens with one attached hydrogen (secondary N) is 1. The third-order valence-electron chi connectivity index (χ3n) is 4.86. The fraction of sp³-hybridized carbons (Fsp3) is 0.238. The van der Waals surface area contributed by atoms with E-state index in [9.17, 15) is 4.79 Å². The summed E-state index contributed by atoms with van der Waals surface area (Å²) in [6.45, 7) is 2.70. The molecular weight excluding hydrogens is 324 g/mol. The van der Waals surface area contributed by atoms with Crippen LogP contribution in [0.15, 0.2) is 73.1 Å². The predicted octanol–water partition coefficient (Wildman–Crippen LogP) is 3.13. The monoisotopic (exact) mass is 346 g/mol. The van der Waals surface area contributed by atoms with Gasteiger partial charge in [0.25, 0.3) is 5.91 Å². The van der Waals surface area contributed by atoms with E-state index >= 15 is 0 Å². The van der Waals surface area contributed by atoms with Gasteiger partial charge in [0, 0.05) is 37.7 Å². The second kappa shape index (κ2) is 7.44. The molecule has 1 aliphatic rings. The summed E-state index contributed by atoms with van der Waals surface area (Å²) in [5.74, 6) is 0.422. The zero-order valence-electron chi connectivity index (χ0n) is 14.6. The maximum atomic E-state index is 12.7. The maximum Gasteiger partial charge on any atom is 0.253 e. The summed E-state index contributed by atoms with van der Waals surface area (Å²) in [6, 6.07) is 19.9. The van der Waals surface area contributed by atoms with Crippen LogP contribution in [0.5, 0.6) is 0 Å². The molecule has 5 heteroatoms. The summed E-state index contributed by atoms with van der Waals surface area (Å²) in [6.07, 6.45) is 4.65. The van der Waals surface area contributed by atoms with Crippen molar-refractivity contribution in [2.75, 3.05) is 24.5 Å². The van der Waals surface area contributed by atoms with Crippen LogP contribution in [0.2, 0.25) is 0 Å². The fourth-order valence-electron chi connectivity index (χ4n) is 3.48. The first-order valence-corrected chi connectivity index (χ1v) is 8.98. The average Bonchev–Trinajstić information content (AvgIpc) is 3.39. The van der Waals surface area contributed by atoms with Crippen LogP contribution >= 0.6 is 0 Å². The van der Waals surface area contributed by atoms with Crippen molar-refractivity contribution >= 4 is 11.6 Å². The molecule has 3 aromatic rings. The van der Waals surface area contributed by atoms with Crippen LogP contribution in [0.3, 0.4) is 0 Å². The zero-order valence-corrected chi connectivity index (χ0v) is 14.6. The Kier molecular flexibility index (Phi) is 4.69. The lowest BCUT2D eigenvalue weighted by molar-refractivity contribution is 0.0948. The molecule has 1 N–H and O–H groups in total. The van der Waals surface area contributed by atoms with E-state index in [2.05, 4.69) is 39.6 Å². The molecule has 1 atom stereocenters. The average molecular weight is 346 g/mol. The van der Waals surface area contributed by atoms with E-state index in [1.165, 1.54) is 5.69 Å². The first-order valence-electron chi connectivity index (χ1n) is 8.98. The molecule has 1 aliphatic heterocycles. The highest BCUT2D eigenvalue weighted by Gasteiger charge is 2.23. The van der Waals surface area contributed by atoms with Gasteiger partial charge in [-0.15, -0.1) is 0 Å². The summed E-state index contributed by atoms with van der Waals surface area (Å²) >= 11 is 0. The molecule has 26 heavy (non-hydrogen) atoms. The molecule has 1 fully saturated rings. The van der Waals surface area contributed by atoms with Crippen LogP contribution < -0.4 is 10.2 Å². The number of aromatic nitrogens is 2. The highest BCUT2D eigenvalue weighted by atomic mass is 16.1. The number of amides is 1. The quantitative estimate of drug-likeness (QED) is 0.772. The van der Waals surface area contributed by atoms with E-state index in [1.807, 2.05) is 42.6 Å². The van der Waals surface area contributed by atoms with E-state index in [0.717, 1.165) is 25.2 Å². The standard InChI is InChI=1S/C21H22N4O/c26-21(19-9-4-5-10-20(19)25-13-6-12-23-25)22-15-17-11-14-24(16-17)18-7-2-1-3-8-18/h1-10,12-13,17H,11,14-16H2,(H,22,26)/t17-/m0/s1. The molecule has 0 radical (unpaired) electrons. The molecule has 0 bridgehead atoms. The molecule has 0 unspecified atom stereocenters. The van der Waals surface area contributed by atoms with Crippen molar-refractivity contribution in [3.63, 3.8) is 0 Å².